The Bertz CT molecular complexity index is 416. The second-order valence-electron chi connectivity index (χ2n) is 2.75. The lowest BCUT2D eigenvalue weighted by atomic mass is 10.2. The van der Waals surface area contributed by atoms with Crippen LogP contribution in [0.3, 0.4) is 0 Å². The van der Waals surface area contributed by atoms with E-state index in [1.807, 2.05) is 12.1 Å². The second-order valence-corrected chi connectivity index (χ2v) is 4.52. The number of benzene rings is 1. The summed E-state index contributed by atoms with van der Waals surface area (Å²) in [5, 5.41) is 0. The van der Waals surface area contributed by atoms with Gasteiger partial charge in [-0.25, -0.2) is 0 Å². The van der Waals surface area contributed by atoms with Gasteiger partial charge in [-0.1, -0.05) is 15.9 Å². The van der Waals surface area contributed by atoms with E-state index in [0.717, 1.165) is 14.5 Å². The number of hydrogen-bond donors (Lipinski definition) is 1. The Hall–Kier alpha value is -0.810. The molecule has 1 aromatic rings. The van der Waals surface area contributed by atoms with Crippen molar-refractivity contribution >= 4 is 43.8 Å². The highest BCUT2D eigenvalue weighted by Gasteiger charge is 2.06. The zero-order valence-electron chi connectivity index (χ0n) is 7.96. The van der Waals surface area contributed by atoms with Gasteiger partial charge in [0, 0.05) is 16.1 Å². The van der Waals surface area contributed by atoms with Gasteiger partial charge in [0.15, 0.2) is 0 Å². The predicted molar refractivity (Wildman–Crippen MR) is 66.6 cm³/mol. The first-order valence-corrected chi connectivity index (χ1v) is 5.63. The van der Waals surface area contributed by atoms with Crippen LogP contribution in [-0.2, 0) is 4.79 Å². The minimum atomic E-state index is -0.492. The number of carbonyl (C=O) groups is 1. The minimum absolute atomic E-state index is 0.492. The van der Waals surface area contributed by atoms with Gasteiger partial charge < -0.3 is 10.5 Å². The molecule has 3 nitrogen and oxygen atoms in total. The average Bonchev–Trinajstić information content (AvgIpc) is 2.13. The SMILES string of the molecule is COc1c(Br)cc(Br)cc1C=CC(N)=O. The van der Waals surface area contributed by atoms with Crippen molar-refractivity contribution < 1.29 is 9.53 Å². The lowest BCUT2D eigenvalue weighted by Crippen LogP contribution is -2.05. The molecule has 80 valence electrons. The third-order valence-electron chi connectivity index (χ3n) is 1.67. The zero-order chi connectivity index (χ0) is 11.4. The largest absolute Gasteiger partial charge is 0.495 e. The Morgan fingerprint density at radius 2 is 2.13 bits per heavy atom. The second kappa shape index (κ2) is 5.32. The topological polar surface area (TPSA) is 52.3 Å². The smallest absolute Gasteiger partial charge is 0.241 e. The number of nitrogens with two attached hydrogens (primary N) is 1. The van der Waals surface area contributed by atoms with Gasteiger partial charge in [0.25, 0.3) is 0 Å². The number of halogens is 2. The molecule has 1 aromatic carbocycles. The molecule has 1 rings (SSSR count). The lowest BCUT2D eigenvalue weighted by Gasteiger charge is -2.07. The number of hydrogen-bond acceptors (Lipinski definition) is 2. The van der Waals surface area contributed by atoms with E-state index >= 15 is 0 Å². The molecule has 0 atom stereocenters. The highest BCUT2D eigenvalue weighted by molar-refractivity contribution is 9.11. The maximum Gasteiger partial charge on any atom is 0.241 e. The quantitative estimate of drug-likeness (QED) is 0.864. The van der Waals surface area contributed by atoms with Crippen LogP contribution in [0.1, 0.15) is 5.56 Å². The molecule has 0 unspecified atom stereocenters. The Morgan fingerprint density at radius 1 is 1.47 bits per heavy atom. The maximum atomic E-state index is 10.6. The summed E-state index contributed by atoms with van der Waals surface area (Å²) < 4.78 is 6.89. The van der Waals surface area contributed by atoms with E-state index in [2.05, 4.69) is 31.9 Å². The Kier molecular flexibility index (Phi) is 4.35. The van der Waals surface area contributed by atoms with E-state index in [9.17, 15) is 4.79 Å². The van der Waals surface area contributed by atoms with Crippen LogP contribution in [0.25, 0.3) is 6.08 Å². The van der Waals surface area contributed by atoms with E-state index in [4.69, 9.17) is 10.5 Å². The summed E-state index contributed by atoms with van der Waals surface area (Å²) in [4.78, 5) is 10.6. The van der Waals surface area contributed by atoms with Crippen LogP contribution in [0.4, 0.5) is 0 Å². The third-order valence-corrected chi connectivity index (χ3v) is 2.72. The number of primary amides is 1. The molecule has 0 saturated carbocycles. The van der Waals surface area contributed by atoms with Crippen molar-refractivity contribution in [3.8, 4) is 5.75 Å². The summed E-state index contributed by atoms with van der Waals surface area (Å²) >= 11 is 6.71. The van der Waals surface area contributed by atoms with Crippen molar-refractivity contribution in [2.24, 2.45) is 5.73 Å². The predicted octanol–water partition coefficient (Wildman–Crippen LogP) is 2.72. The molecular formula is C10H9Br2NO2. The molecule has 2 N–H and O–H groups in total. The van der Waals surface area contributed by atoms with Gasteiger partial charge >= 0.3 is 0 Å². The third kappa shape index (κ3) is 3.35. The van der Waals surface area contributed by atoms with Gasteiger partial charge in [-0.2, -0.15) is 0 Å². The molecule has 5 heteroatoms. The van der Waals surface area contributed by atoms with E-state index in [1.54, 1.807) is 13.2 Å². The summed E-state index contributed by atoms with van der Waals surface area (Å²) in [5.74, 6) is 0.170. The molecule has 0 aromatic heterocycles. The van der Waals surface area contributed by atoms with Crippen LogP contribution < -0.4 is 10.5 Å². The Balaban J connectivity index is 3.20. The zero-order valence-corrected chi connectivity index (χ0v) is 11.1. The van der Waals surface area contributed by atoms with E-state index in [-0.39, 0.29) is 0 Å². The number of amides is 1. The van der Waals surface area contributed by atoms with Gasteiger partial charge in [-0.3, -0.25) is 4.79 Å². The molecule has 15 heavy (non-hydrogen) atoms. The summed E-state index contributed by atoms with van der Waals surface area (Å²) in [6.45, 7) is 0. The summed E-state index contributed by atoms with van der Waals surface area (Å²) in [5.41, 5.74) is 5.79. The van der Waals surface area contributed by atoms with Crippen LogP contribution in [0, 0.1) is 0 Å². The van der Waals surface area contributed by atoms with Crippen molar-refractivity contribution in [1.29, 1.82) is 0 Å². The van der Waals surface area contributed by atoms with Gasteiger partial charge in [-0.15, -0.1) is 0 Å². The fraction of sp³-hybridized carbons (Fsp3) is 0.100. The van der Waals surface area contributed by atoms with Gasteiger partial charge in [-0.05, 0) is 34.1 Å². The molecule has 0 spiro atoms. The van der Waals surface area contributed by atoms with Crippen LogP contribution in [-0.4, -0.2) is 13.0 Å². The number of methoxy groups -OCH3 is 1. The highest BCUT2D eigenvalue weighted by Crippen LogP contribution is 2.33. The Labute approximate surface area is 105 Å². The molecule has 0 heterocycles. The van der Waals surface area contributed by atoms with Crippen LogP contribution in [0.15, 0.2) is 27.2 Å². The first-order valence-electron chi connectivity index (χ1n) is 4.05. The minimum Gasteiger partial charge on any atom is -0.495 e. The Morgan fingerprint density at radius 3 is 2.67 bits per heavy atom. The molecule has 0 fully saturated rings. The molecule has 0 aliphatic heterocycles. The standard InChI is InChI=1S/C10H9Br2NO2/c1-15-10-6(2-3-9(13)14)4-7(11)5-8(10)12/h2-5H,1H3,(H2,13,14). The molecule has 0 aliphatic carbocycles. The average molecular weight is 335 g/mol. The summed E-state index contributed by atoms with van der Waals surface area (Å²) in [7, 11) is 1.57. The van der Waals surface area contributed by atoms with Crippen molar-refractivity contribution in [2.75, 3.05) is 7.11 Å². The maximum absolute atomic E-state index is 10.6. The molecular weight excluding hydrogens is 326 g/mol. The first kappa shape index (κ1) is 12.3. The van der Waals surface area contributed by atoms with Gasteiger partial charge in [0.2, 0.25) is 5.91 Å². The number of carbonyl (C=O) groups excluding carboxylic acids is 1. The number of rotatable bonds is 3. The van der Waals surface area contributed by atoms with Crippen LogP contribution in [0.5, 0.6) is 5.75 Å². The highest BCUT2D eigenvalue weighted by atomic mass is 79.9. The van der Waals surface area contributed by atoms with Crippen molar-refractivity contribution in [1.82, 2.24) is 0 Å². The molecule has 1 amide bonds. The normalized spacial score (nSPS) is 10.6. The lowest BCUT2D eigenvalue weighted by molar-refractivity contribution is -0.113. The van der Waals surface area contributed by atoms with Gasteiger partial charge in [0.05, 0.1) is 11.6 Å². The molecule has 0 saturated heterocycles. The monoisotopic (exact) mass is 333 g/mol. The van der Waals surface area contributed by atoms with Crippen molar-refractivity contribution in [3.63, 3.8) is 0 Å². The first-order chi connectivity index (χ1) is 7.04. The van der Waals surface area contributed by atoms with E-state index in [1.165, 1.54) is 6.08 Å². The van der Waals surface area contributed by atoms with Crippen LogP contribution >= 0.6 is 31.9 Å². The van der Waals surface area contributed by atoms with E-state index < -0.39 is 5.91 Å². The van der Waals surface area contributed by atoms with Crippen LogP contribution in [0.2, 0.25) is 0 Å². The fourth-order valence-electron chi connectivity index (χ4n) is 1.09. The van der Waals surface area contributed by atoms with Crippen molar-refractivity contribution in [2.45, 2.75) is 0 Å². The summed E-state index contributed by atoms with van der Waals surface area (Å²) in [6, 6.07) is 3.70. The number of ether oxygens (including phenoxy) is 1. The summed E-state index contributed by atoms with van der Waals surface area (Å²) in [6.07, 6.45) is 2.90. The molecule has 0 radical (unpaired) electrons. The fourth-order valence-corrected chi connectivity index (χ4v) is 2.51. The van der Waals surface area contributed by atoms with Gasteiger partial charge in [0.1, 0.15) is 5.75 Å². The van der Waals surface area contributed by atoms with Crippen molar-refractivity contribution in [3.05, 3.63) is 32.7 Å². The van der Waals surface area contributed by atoms with E-state index in [0.29, 0.717) is 5.75 Å². The molecule has 0 bridgehead atoms. The molecule has 0 aliphatic rings.